The van der Waals surface area contributed by atoms with Gasteiger partial charge >= 0.3 is 0 Å². The molecule has 1 aliphatic heterocycles. The Morgan fingerprint density at radius 2 is 2.04 bits per heavy atom. The van der Waals surface area contributed by atoms with E-state index in [1.54, 1.807) is 19.1 Å². The van der Waals surface area contributed by atoms with Gasteiger partial charge in [0.1, 0.15) is 5.82 Å². The first-order valence-corrected chi connectivity index (χ1v) is 8.36. The molecule has 124 valence electrons. The number of amides is 2. The highest BCUT2D eigenvalue weighted by atomic mass is 19.1. The molecular formula is C18H23FN2O2. The molecule has 0 spiro atoms. The summed E-state index contributed by atoms with van der Waals surface area (Å²) in [6, 6.07) is 4.86. The van der Waals surface area contributed by atoms with Crippen LogP contribution in [-0.4, -0.2) is 29.8 Å². The molecule has 0 radical (unpaired) electrons. The number of hydrogen-bond donors (Lipinski definition) is 1. The molecule has 2 fully saturated rings. The number of carbonyl (C=O) groups is 2. The lowest BCUT2D eigenvalue weighted by atomic mass is 9.96. The monoisotopic (exact) mass is 318 g/mol. The van der Waals surface area contributed by atoms with Gasteiger partial charge in [-0.2, -0.15) is 0 Å². The van der Waals surface area contributed by atoms with Crippen LogP contribution in [0, 0.1) is 24.6 Å². The number of halogens is 1. The molecule has 3 rings (SSSR count). The number of carbonyl (C=O) groups excluding carboxylic acids is 2. The number of likely N-dealkylation sites (tertiary alicyclic amines) is 1. The summed E-state index contributed by atoms with van der Waals surface area (Å²) in [6.45, 7) is 3.41. The van der Waals surface area contributed by atoms with E-state index in [1.165, 1.54) is 6.07 Å². The van der Waals surface area contributed by atoms with Crippen molar-refractivity contribution in [1.82, 2.24) is 10.2 Å². The Bertz CT molecular complexity index is 613. The molecule has 1 atom stereocenters. The quantitative estimate of drug-likeness (QED) is 0.927. The highest BCUT2D eigenvalue weighted by Crippen LogP contribution is 2.32. The Hall–Kier alpha value is -1.91. The predicted octanol–water partition coefficient (Wildman–Crippen LogP) is 2.40. The van der Waals surface area contributed by atoms with Crippen LogP contribution in [0.15, 0.2) is 18.2 Å². The molecule has 1 unspecified atom stereocenters. The van der Waals surface area contributed by atoms with Crippen molar-refractivity contribution in [3.8, 4) is 0 Å². The van der Waals surface area contributed by atoms with Gasteiger partial charge in [-0.05, 0) is 49.8 Å². The van der Waals surface area contributed by atoms with Crippen LogP contribution >= 0.6 is 0 Å². The second kappa shape index (κ2) is 6.69. The van der Waals surface area contributed by atoms with Gasteiger partial charge in [0.15, 0.2) is 0 Å². The Balaban J connectivity index is 1.52. The number of hydrogen-bond acceptors (Lipinski definition) is 2. The van der Waals surface area contributed by atoms with Crippen molar-refractivity contribution in [1.29, 1.82) is 0 Å². The fourth-order valence-electron chi connectivity index (χ4n) is 3.13. The third kappa shape index (κ3) is 3.89. The minimum absolute atomic E-state index is 0.0136. The lowest BCUT2D eigenvalue weighted by molar-refractivity contribution is -0.136. The molecule has 2 amide bonds. The summed E-state index contributed by atoms with van der Waals surface area (Å²) in [6.07, 6.45) is 3.70. The molecule has 2 aliphatic rings. The zero-order chi connectivity index (χ0) is 16.4. The number of benzene rings is 1. The van der Waals surface area contributed by atoms with Crippen molar-refractivity contribution >= 4 is 11.8 Å². The lowest BCUT2D eigenvalue weighted by Crippen LogP contribution is -2.45. The smallest absolute Gasteiger partial charge is 0.225 e. The van der Waals surface area contributed by atoms with Crippen LogP contribution in [-0.2, 0) is 16.1 Å². The van der Waals surface area contributed by atoms with Crippen LogP contribution in [0.5, 0.6) is 0 Å². The van der Waals surface area contributed by atoms with E-state index in [1.807, 2.05) is 4.90 Å². The molecule has 1 aromatic carbocycles. The summed E-state index contributed by atoms with van der Waals surface area (Å²) in [5.74, 6) is 0.0468. The van der Waals surface area contributed by atoms with Crippen molar-refractivity contribution in [2.75, 3.05) is 13.1 Å². The van der Waals surface area contributed by atoms with Crippen LogP contribution < -0.4 is 5.32 Å². The molecule has 4 nitrogen and oxygen atoms in total. The van der Waals surface area contributed by atoms with E-state index in [9.17, 15) is 14.0 Å². The van der Waals surface area contributed by atoms with Gasteiger partial charge in [-0.3, -0.25) is 9.59 Å². The van der Waals surface area contributed by atoms with Crippen LogP contribution in [0.25, 0.3) is 0 Å². The Morgan fingerprint density at radius 1 is 1.26 bits per heavy atom. The number of nitrogens with zero attached hydrogens (tertiary/aromatic N) is 1. The number of aryl methyl sites for hydroxylation is 1. The summed E-state index contributed by atoms with van der Waals surface area (Å²) in [5, 5.41) is 2.92. The van der Waals surface area contributed by atoms with Crippen LogP contribution in [0.1, 0.15) is 36.8 Å². The van der Waals surface area contributed by atoms with E-state index in [0.29, 0.717) is 18.7 Å². The Labute approximate surface area is 136 Å². The summed E-state index contributed by atoms with van der Waals surface area (Å²) in [7, 11) is 0. The third-order valence-corrected chi connectivity index (χ3v) is 4.72. The van der Waals surface area contributed by atoms with E-state index in [2.05, 4.69) is 5.32 Å². The van der Waals surface area contributed by atoms with Gasteiger partial charge in [0, 0.05) is 25.6 Å². The fourth-order valence-corrected chi connectivity index (χ4v) is 3.13. The average Bonchev–Trinajstić information content (AvgIpc) is 3.40. The van der Waals surface area contributed by atoms with E-state index >= 15 is 0 Å². The molecule has 1 aliphatic carbocycles. The largest absolute Gasteiger partial charge is 0.352 e. The molecule has 1 aromatic rings. The van der Waals surface area contributed by atoms with Crippen LogP contribution in [0.4, 0.5) is 4.39 Å². The Kier molecular flexibility index (Phi) is 4.64. The van der Waals surface area contributed by atoms with Gasteiger partial charge in [-0.25, -0.2) is 4.39 Å². The molecular weight excluding hydrogens is 295 g/mol. The topological polar surface area (TPSA) is 49.4 Å². The number of nitrogens with one attached hydrogen (secondary N) is 1. The maximum atomic E-state index is 13.3. The first-order chi connectivity index (χ1) is 11.0. The number of rotatable bonds is 4. The minimum Gasteiger partial charge on any atom is -0.352 e. The van der Waals surface area contributed by atoms with Crippen LogP contribution in [0.2, 0.25) is 0 Å². The molecule has 0 bridgehead atoms. The summed E-state index contributed by atoms with van der Waals surface area (Å²) >= 11 is 0. The zero-order valence-corrected chi connectivity index (χ0v) is 13.5. The highest BCUT2D eigenvalue weighted by molar-refractivity contribution is 5.83. The van der Waals surface area contributed by atoms with Crippen LogP contribution in [0.3, 0.4) is 0 Å². The fraction of sp³-hybridized carbons (Fsp3) is 0.556. The predicted molar refractivity (Wildman–Crippen MR) is 85.0 cm³/mol. The molecule has 0 aromatic heterocycles. The van der Waals surface area contributed by atoms with Gasteiger partial charge in [-0.1, -0.05) is 12.1 Å². The highest BCUT2D eigenvalue weighted by Gasteiger charge is 2.36. The SMILES string of the molecule is Cc1cc(CNC(=O)C2CCCN(C(=O)C3CC3)C2)ccc1F. The zero-order valence-electron chi connectivity index (χ0n) is 13.5. The summed E-state index contributed by atoms with van der Waals surface area (Å²) in [4.78, 5) is 26.3. The van der Waals surface area contributed by atoms with Crippen molar-refractivity contribution < 1.29 is 14.0 Å². The average molecular weight is 318 g/mol. The van der Waals surface area contributed by atoms with Gasteiger partial charge < -0.3 is 10.2 Å². The second-order valence-electron chi connectivity index (χ2n) is 6.70. The molecule has 23 heavy (non-hydrogen) atoms. The van der Waals surface area contributed by atoms with E-state index in [-0.39, 0.29) is 29.5 Å². The third-order valence-electron chi connectivity index (χ3n) is 4.72. The first kappa shape index (κ1) is 16.0. The van der Waals surface area contributed by atoms with Gasteiger partial charge in [-0.15, -0.1) is 0 Å². The summed E-state index contributed by atoms with van der Waals surface area (Å²) in [5.41, 5.74) is 1.47. The van der Waals surface area contributed by atoms with E-state index in [4.69, 9.17) is 0 Å². The van der Waals surface area contributed by atoms with Gasteiger partial charge in [0.25, 0.3) is 0 Å². The lowest BCUT2D eigenvalue weighted by Gasteiger charge is -2.32. The standard InChI is InChI=1S/C18H23FN2O2/c1-12-9-13(4-7-16(12)19)10-20-17(22)15-3-2-8-21(11-15)18(23)14-5-6-14/h4,7,9,14-15H,2-3,5-6,8,10-11H2,1H3,(H,20,22). The van der Waals surface area contributed by atoms with Crippen molar-refractivity contribution in [3.05, 3.63) is 35.1 Å². The molecule has 1 saturated heterocycles. The van der Waals surface area contributed by atoms with Gasteiger partial charge in [0.05, 0.1) is 5.92 Å². The van der Waals surface area contributed by atoms with E-state index < -0.39 is 0 Å². The minimum atomic E-state index is -0.235. The maximum absolute atomic E-state index is 13.3. The first-order valence-electron chi connectivity index (χ1n) is 8.36. The normalized spacial score (nSPS) is 21.1. The van der Waals surface area contributed by atoms with E-state index in [0.717, 1.165) is 37.8 Å². The molecule has 5 heteroatoms. The molecule has 1 N–H and O–H groups in total. The summed E-state index contributed by atoms with van der Waals surface area (Å²) < 4.78 is 13.3. The second-order valence-corrected chi connectivity index (χ2v) is 6.70. The van der Waals surface area contributed by atoms with Crippen molar-refractivity contribution in [2.24, 2.45) is 11.8 Å². The Morgan fingerprint density at radius 3 is 2.74 bits per heavy atom. The van der Waals surface area contributed by atoms with Gasteiger partial charge in [0.2, 0.25) is 11.8 Å². The van der Waals surface area contributed by atoms with Crippen molar-refractivity contribution in [3.63, 3.8) is 0 Å². The molecule has 1 heterocycles. The van der Waals surface area contributed by atoms with Crippen molar-refractivity contribution in [2.45, 2.75) is 39.2 Å². The number of piperidine rings is 1. The maximum Gasteiger partial charge on any atom is 0.225 e. The molecule has 1 saturated carbocycles.